The van der Waals surface area contributed by atoms with E-state index in [4.69, 9.17) is 4.74 Å². The Bertz CT molecular complexity index is 528. The third kappa shape index (κ3) is 3.07. The molecular formula is C16H18NO4-. The van der Waals surface area contributed by atoms with Crippen molar-refractivity contribution in [3.05, 3.63) is 48.6 Å². The highest BCUT2D eigenvalue weighted by Gasteiger charge is 2.44. The summed E-state index contributed by atoms with van der Waals surface area (Å²) in [6, 6.07) is 9.25. The zero-order chi connectivity index (χ0) is 15.3. The number of benzene rings is 1. The molecule has 1 aliphatic rings. The molecule has 0 aliphatic carbocycles. The number of carboxylic acid groups (broad SMARTS) is 1. The maximum absolute atomic E-state index is 12.2. The van der Waals surface area contributed by atoms with Gasteiger partial charge < -0.3 is 14.6 Å². The lowest BCUT2D eigenvalue weighted by molar-refractivity contribution is -0.317. The average Bonchev–Trinajstić information content (AvgIpc) is 2.91. The quantitative estimate of drug-likeness (QED) is 0.770. The lowest BCUT2D eigenvalue weighted by Gasteiger charge is -2.37. The van der Waals surface area contributed by atoms with E-state index in [9.17, 15) is 14.7 Å². The molecule has 1 amide bonds. The first-order valence-electron chi connectivity index (χ1n) is 6.91. The van der Waals surface area contributed by atoms with Crippen LogP contribution in [0, 0.1) is 0 Å². The van der Waals surface area contributed by atoms with Gasteiger partial charge >= 0.3 is 6.09 Å². The zero-order valence-corrected chi connectivity index (χ0v) is 11.8. The average molecular weight is 288 g/mol. The second-order valence-electron chi connectivity index (χ2n) is 5.11. The Labute approximate surface area is 123 Å². The molecule has 1 heterocycles. The Morgan fingerprint density at radius 2 is 2.10 bits per heavy atom. The SMILES string of the molecule is C=CCC1(C(=O)[O-])CCCN1C(=O)OCc1ccccc1. The maximum atomic E-state index is 12.2. The van der Waals surface area contributed by atoms with Crippen LogP contribution in [0.25, 0.3) is 0 Å². The molecule has 0 spiro atoms. The Morgan fingerprint density at radius 3 is 2.71 bits per heavy atom. The number of carbonyl (C=O) groups excluding carboxylic acids is 2. The first kappa shape index (κ1) is 15.1. The Hall–Kier alpha value is -2.30. The van der Waals surface area contributed by atoms with Gasteiger partial charge in [-0.25, -0.2) is 4.79 Å². The van der Waals surface area contributed by atoms with E-state index in [0.29, 0.717) is 19.4 Å². The molecule has 5 nitrogen and oxygen atoms in total. The summed E-state index contributed by atoms with van der Waals surface area (Å²) in [6.45, 7) is 4.04. The zero-order valence-electron chi connectivity index (χ0n) is 11.8. The summed E-state index contributed by atoms with van der Waals surface area (Å²) in [6.07, 6.45) is 2.01. The molecule has 0 saturated carbocycles. The van der Waals surface area contributed by atoms with Gasteiger partial charge in [0, 0.05) is 6.54 Å². The molecule has 0 N–H and O–H groups in total. The van der Waals surface area contributed by atoms with Crippen molar-refractivity contribution in [2.75, 3.05) is 6.54 Å². The summed E-state index contributed by atoms with van der Waals surface area (Å²) < 4.78 is 5.23. The molecule has 21 heavy (non-hydrogen) atoms. The molecule has 2 rings (SSSR count). The van der Waals surface area contributed by atoms with E-state index < -0.39 is 17.6 Å². The number of carbonyl (C=O) groups is 2. The molecule has 5 heteroatoms. The second kappa shape index (κ2) is 6.43. The summed E-state index contributed by atoms with van der Waals surface area (Å²) in [5.74, 6) is -1.25. The van der Waals surface area contributed by atoms with Crippen LogP contribution in [0.5, 0.6) is 0 Å². The molecule has 1 aromatic carbocycles. The number of ether oxygens (including phenoxy) is 1. The Balaban J connectivity index is 2.06. The van der Waals surface area contributed by atoms with Crippen LogP contribution in [0.3, 0.4) is 0 Å². The van der Waals surface area contributed by atoms with Gasteiger partial charge in [-0.05, 0) is 24.8 Å². The smallest absolute Gasteiger partial charge is 0.410 e. The van der Waals surface area contributed by atoms with Crippen LogP contribution in [0.4, 0.5) is 4.79 Å². The minimum Gasteiger partial charge on any atom is -0.548 e. The number of carboxylic acids is 1. The van der Waals surface area contributed by atoms with Gasteiger partial charge in [-0.3, -0.25) is 4.90 Å². The number of hydrogen-bond donors (Lipinski definition) is 0. The lowest BCUT2D eigenvalue weighted by Crippen LogP contribution is -2.58. The minimum atomic E-state index is -1.32. The van der Waals surface area contributed by atoms with Crippen molar-refractivity contribution in [3.8, 4) is 0 Å². The molecule has 0 radical (unpaired) electrons. The van der Waals surface area contributed by atoms with Gasteiger partial charge in [-0.1, -0.05) is 36.4 Å². The molecule has 1 aromatic rings. The molecule has 0 aromatic heterocycles. The van der Waals surface area contributed by atoms with Gasteiger partial charge in [-0.2, -0.15) is 0 Å². The summed E-state index contributed by atoms with van der Waals surface area (Å²) in [5, 5.41) is 11.5. The van der Waals surface area contributed by atoms with Crippen LogP contribution < -0.4 is 5.11 Å². The van der Waals surface area contributed by atoms with Crippen molar-refractivity contribution < 1.29 is 19.4 Å². The van der Waals surface area contributed by atoms with E-state index in [2.05, 4.69) is 6.58 Å². The fraction of sp³-hybridized carbons (Fsp3) is 0.375. The molecule has 1 fully saturated rings. The molecule has 0 bridgehead atoms. The van der Waals surface area contributed by atoms with E-state index in [0.717, 1.165) is 5.56 Å². The normalized spacial score (nSPS) is 21.0. The van der Waals surface area contributed by atoms with Gasteiger partial charge in [0.2, 0.25) is 0 Å². The van der Waals surface area contributed by atoms with Crippen molar-refractivity contribution in [1.82, 2.24) is 4.90 Å². The highest BCUT2D eigenvalue weighted by Crippen LogP contribution is 2.33. The number of rotatable bonds is 5. The fourth-order valence-corrected chi connectivity index (χ4v) is 2.69. The largest absolute Gasteiger partial charge is 0.548 e. The van der Waals surface area contributed by atoms with Crippen molar-refractivity contribution in [2.45, 2.75) is 31.4 Å². The monoisotopic (exact) mass is 288 g/mol. The van der Waals surface area contributed by atoms with E-state index in [-0.39, 0.29) is 13.0 Å². The Morgan fingerprint density at radius 1 is 1.38 bits per heavy atom. The minimum absolute atomic E-state index is 0.118. The molecule has 1 saturated heterocycles. The van der Waals surface area contributed by atoms with E-state index in [1.807, 2.05) is 30.3 Å². The van der Waals surface area contributed by atoms with Crippen molar-refractivity contribution in [2.24, 2.45) is 0 Å². The first-order valence-corrected chi connectivity index (χ1v) is 6.91. The summed E-state index contributed by atoms with van der Waals surface area (Å²) >= 11 is 0. The van der Waals surface area contributed by atoms with Crippen molar-refractivity contribution >= 4 is 12.1 Å². The predicted molar refractivity (Wildman–Crippen MR) is 75.1 cm³/mol. The molecular weight excluding hydrogens is 270 g/mol. The topological polar surface area (TPSA) is 69.7 Å². The van der Waals surface area contributed by atoms with Gasteiger partial charge in [0.1, 0.15) is 6.61 Å². The van der Waals surface area contributed by atoms with Gasteiger partial charge in [0.25, 0.3) is 0 Å². The van der Waals surface area contributed by atoms with E-state index in [1.165, 1.54) is 11.0 Å². The molecule has 1 aliphatic heterocycles. The fourth-order valence-electron chi connectivity index (χ4n) is 2.69. The van der Waals surface area contributed by atoms with Gasteiger partial charge in [0.05, 0.1) is 11.5 Å². The van der Waals surface area contributed by atoms with E-state index in [1.54, 1.807) is 0 Å². The predicted octanol–water partition coefficient (Wildman–Crippen LogP) is 1.48. The summed E-state index contributed by atoms with van der Waals surface area (Å²) in [4.78, 5) is 24.9. The highest BCUT2D eigenvalue weighted by atomic mass is 16.6. The van der Waals surface area contributed by atoms with E-state index >= 15 is 0 Å². The summed E-state index contributed by atoms with van der Waals surface area (Å²) in [5.41, 5.74) is -0.469. The third-order valence-corrected chi connectivity index (χ3v) is 3.78. The maximum Gasteiger partial charge on any atom is 0.410 e. The van der Waals surface area contributed by atoms with Gasteiger partial charge in [0.15, 0.2) is 0 Å². The number of amides is 1. The van der Waals surface area contributed by atoms with Crippen LogP contribution in [0.15, 0.2) is 43.0 Å². The van der Waals surface area contributed by atoms with Crippen LogP contribution in [-0.4, -0.2) is 29.0 Å². The van der Waals surface area contributed by atoms with Crippen molar-refractivity contribution in [3.63, 3.8) is 0 Å². The standard InChI is InChI=1S/C16H19NO4/c1-2-9-16(14(18)19)10-6-11-17(16)15(20)21-12-13-7-4-3-5-8-13/h2-5,7-8H,1,6,9-12H2,(H,18,19)/p-1. The van der Waals surface area contributed by atoms with Crippen molar-refractivity contribution in [1.29, 1.82) is 0 Å². The number of aliphatic carboxylic acids is 1. The molecule has 112 valence electrons. The number of likely N-dealkylation sites (tertiary alicyclic amines) is 1. The second-order valence-corrected chi connectivity index (χ2v) is 5.11. The molecule has 1 atom stereocenters. The van der Waals surface area contributed by atoms with Crippen LogP contribution >= 0.6 is 0 Å². The molecule has 1 unspecified atom stereocenters. The van der Waals surface area contributed by atoms with Gasteiger partial charge in [-0.15, -0.1) is 6.58 Å². The first-order chi connectivity index (χ1) is 10.1. The number of hydrogen-bond acceptors (Lipinski definition) is 4. The van der Waals surface area contributed by atoms with Crippen LogP contribution in [0.1, 0.15) is 24.8 Å². The highest BCUT2D eigenvalue weighted by molar-refractivity contribution is 5.84. The van der Waals surface area contributed by atoms with Crippen LogP contribution in [-0.2, 0) is 16.1 Å². The lowest BCUT2D eigenvalue weighted by atomic mass is 9.92. The summed E-state index contributed by atoms with van der Waals surface area (Å²) in [7, 11) is 0. The Kier molecular flexibility index (Phi) is 4.62. The third-order valence-electron chi connectivity index (χ3n) is 3.78. The van der Waals surface area contributed by atoms with Crippen LogP contribution in [0.2, 0.25) is 0 Å². The number of nitrogens with zero attached hydrogens (tertiary/aromatic N) is 1.